The lowest BCUT2D eigenvalue weighted by atomic mass is 10.1. The topological polar surface area (TPSA) is 50.1 Å². The number of hydrogen-bond acceptors (Lipinski definition) is 3. The van der Waals surface area contributed by atoms with Crippen molar-refractivity contribution in [1.29, 1.82) is 0 Å². The van der Waals surface area contributed by atoms with Crippen LogP contribution in [0.5, 0.6) is 0 Å². The Kier molecular flexibility index (Phi) is 6.36. The molecule has 1 aromatic heterocycles. The first-order valence-electron chi connectivity index (χ1n) is 7.01. The molecule has 0 saturated heterocycles. The van der Waals surface area contributed by atoms with Crippen molar-refractivity contribution in [2.24, 2.45) is 5.92 Å². The first-order chi connectivity index (χ1) is 8.58. The van der Waals surface area contributed by atoms with Crippen LogP contribution in [0.1, 0.15) is 52.3 Å². The van der Waals surface area contributed by atoms with E-state index in [0.717, 1.165) is 25.1 Å². The molecule has 0 aliphatic carbocycles. The van der Waals surface area contributed by atoms with Gasteiger partial charge >= 0.3 is 0 Å². The first kappa shape index (κ1) is 15.2. The van der Waals surface area contributed by atoms with E-state index in [4.69, 9.17) is 0 Å². The van der Waals surface area contributed by atoms with Crippen LogP contribution in [0.15, 0.2) is 12.3 Å². The van der Waals surface area contributed by atoms with Crippen molar-refractivity contribution in [3.05, 3.63) is 18.0 Å². The molecule has 0 bridgehead atoms. The maximum absolute atomic E-state index is 9.69. The van der Waals surface area contributed by atoms with Crippen LogP contribution < -0.4 is 5.32 Å². The fraction of sp³-hybridized carbons (Fsp3) is 0.786. The summed E-state index contributed by atoms with van der Waals surface area (Å²) in [7, 11) is 0. The van der Waals surface area contributed by atoms with Crippen molar-refractivity contribution in [3.63, 3.8) is 0 Å². The Hall–Kier alpha value is -0.870. The molecule has 0 aliphatic heterocycles. The third-order valence-corrected chi connectivity index (χ3v) is 3.41. The summed E-state index contributed by atoms with van der Waals surface area (Å²) >= 11 is 0. The predicted octanol–water partition coefficient (Wildman–Crippen LogP) is 2.35. The SMILES string of the molecule is CCC(CC)n1ccc(CNCC(O)C(C)C)n1. The standard InChI is InChI=1S/C14H27N3O/c1-5-13(6-2)17-8-7-12(16-17)9-15-10-14(18)11(3)4/h7-8,11,13-15,18H,5-6,9-10H2,1-4H3. The average molecular weight is 253 g/mol. The summed E-state index contributed by atoms with van der Waals surface area (Å²) in [4.78, 5) is 0. The second kappa shape index (κ2) is 7.54. The van der Waals surface area contributed by atoms with Crippen LogP contribution in [0.3, 0.4) is 0 Å². The largest absolute Gasteiger partial charge is 0.392 e. The zero-order valence-corrected chi connectivity index (χ0v) is 12.1. The van der Waals surface area contributed by atoms with Crippen molar-refractivity contribution >= 4 is 0 Å². The van der Waals surface area contributed by atoms with E-state index in [1.165, 1.54) is 0 Å². The number of aliphatic hydroxyl groups excluding tert-OH is 1. The summed E-state index contributed by atoms with van der Waals surface area (Å²) < 4.78 is 2.05. The third-order valence-electron chi connectivity index (χ3n) is 3.41. The zero-order chi connectivity index (χ0) is 13.5. The van der Waals surface area contributed by atoms with Crippen LogP contribution in [0, 0.1) is 5.92 Å². The highest BCUT2D eigenvalue weighted by molar-refractivity contribution is 4.99. The normalized spacial score (nSPS) is 13.5. The van der Waals surface area contributed by atoms with E-state index in [1.54, 1.807) is 0 Å². The van der Waals surface area contributed by atoms with Crippen LogP contribution in [0.4, 0.5) is 0 Å². The Morgan fingerprint density at radius 3 is 2.56 bits per heavy atom. The van der Waals surface area contributed by atoms with E-state index in [1.807, 2.05) is 26.1 Å². The van der Waals surface area contributed by atoms with Crippen molar-refractivity contribution in [2.45, 2.75) is 59.2 Å². The molecule has 18 heavy (non-hydrogen) atoms. The molecule has 1 aromatic rings. The molecule has 1 atom stereocenters. The number of hydrogen-bond donors (Lipinski definition) is 2. The van der Waals surface area contributed by atoms with Gasteiger partial charge in [-0.1, -0.05) is 27.7 Å². The van der Waals surface area contributed by atoms with Gasteiger partial charge in [-0.25, -0.2) is 0 Å². The molecule has 0 spiro atoms. The molecule has 0 aliphatic rings. The molecule has 0 radical (unpaired) electrons. The lowest BCUT2D eigenvalue weighted by molar-refractivity contribution is 0.123. The summed E-state index contributed by atoms with van der Waals surface area (Å²) in [6.45, 7) is 9.76. The highest BCUT2D eigenvalue weighted by atomic mass is 16.3. The van der Waals surface area contributed by atoms with Crippen molar-refractivity contribution in [2.75, 3.05) is 6.54 Å². The van der Waals surface area contributed by atoms with Crippen LogP contribution in [-0.4, -0.2) is 27.5 Å². The second-order valence-electron chi connectivity index (χ2n) is 5.20. The number of rotatable bonds is 8. The summed E-state index contributed by atoms with van der Waals surface area (Å²) in [6, 6.07) is 2.55. The molecule has 0 fully saturated rings. The molecule has 1 rings (SSSR count). The number of aliphatic hydroxyl groups is 1. The Balaban J connectivity index is 2.40. The molecular formula is C14H27N3O. The highest BCUT2D eigenvalue weighted by Crippen LogP contribution is 2.14. The first-order valence-corrected chi connectivity index (χ1v) is 7.01. The Bertz CT molecular complexity index is 332. The van der Waals surface area contributed by atoms with Gasteiger partial charge in [0.2, 0.25) is 0 Å². The molecule has 2 N–H and O–H groups in total. The zero-order valence-electron chi connectivity index (χ0n) is 12.1. The maximum atomic E-state index is 9.69. The van der Waals surface area contributed by atoms with Gasteiger partial charge in [-0.3, -0.25) is 4.68 Å². The van der Waals surface area contributed by atoms with Crippen molar-refractivity contribution < 1.29 is 5.11 Å². The molecule has 0 saturated carbocycles. The van der Waals surface area contributed by atoms with Gasteiger partial charge in [0, 0.05) is 19.3 Å². The lowest BCUT2D eigenvalue weighted by Gasteiger charge is -2.14. The quantitative estimate of drug-likeness (QED) is 0.747. The summed E-state index contributed by atoms with van der Waals surface area (Å²) in [6.07, 6.45) is 3.98. The molecular weight excluding hydrogens is 226 g/mol. The van der Waals surface area contributed by atoms with Crippen molar-refractivity contribution in [3.8, 4) is 0 Å². The van der Waals surface area contributed by atoms with Gasteiger partial charge in [0.15, 0.2) is 0 Å². The minimum absolute atomic E-state index is 0.286. The summed E-state index contributed by atoms with van der Waals surface area (Å²) in [5.74, 6) is 0.291. The average Bonchev–Trinajstić information content (AvgIpc) is 2.79. The summed E-state index contributed by atoms with van der Waals surface area (Å²) in [5.41, 5.74) is 1.04. The van der Waals surface area contributed by atoms with Crippen LogP contribution in [0.25, 0.3) is 0 Å². The predicted molar refractivity (Wildman–Crippen MR) is 74.4 cm³/mol. The molecule has 1 heterocycles. The monoisotopic (exact) mass is 253 g/mol. The minimum Gasteiger partial charge on any atom is -0.392 e. The van der Waals surface area contributed by atoms with E-state index < -0.39 is 0 Å². The fourth-order valence-corrected chi connectivity index (χ4v) is 1.92. The van der Waals surface area contributed by atoms with Gasteiger partial charge in [0.05, 0.1) is 17.8 Å². The minimum atomic E-state index is -0.286. The van der Waals surface area contributed by atoms with Crippen LogP contribution >= 0.6 is 0 Å². The van der Waals surface area contributed by atoms with E-state index >= 15 is 0 Å². The van der Waals surface area contributed by atoms with Gasteiger partial charge < -0.3 is 10.4 Å². The molecule has 4 nitrogen and oxygen atoms in total. The molecule has 4 heteroatoms. The van der Waals surface area contributed by atoms with Crippen LogP contribution in [-0.2, 0) is 6.54 Å². The van der Waals surface area contributed by atoms with E-state index in [9.17, 15) is 5.11 Å². The van der Waals surface area contributed by atoms with E-state index in [0.29, 0.717) is 18.5 Å². The third kappa shape index (κ3) is 4.42. The molecule has 1 unspecified atom stereocenters. The maximum Gasteiger partial charge on any atom is 0.0762 e. The van der Waals surface area contributed by atoms with Gasteiger partial charge in [0.1, 0.15) is 0 Å². The second-order valence-corrected chi connectivity index (χ2v) is 5.20. The Labute approximate surface area is 110 Å². The Morgan fingerprint density at radius 1 is 1.33 bits per heavy atom. The lowest BCUT2D eigenvalue weighted by Crippen LogP contribution is -2.30. The van der Waals surface area contributed by atoms with Crippen molar-refractivity contribution in [1.82, 2.24) is 15.1 Å². The van der Waals surface area contributed by atoms with Gasteiger partial charge in [0.25, 0.3) is 0 Å². The highest BCUT2D eigenvalue weighted by Gasteiger charge is 2.10. The number of aromatic nitrogens is 2. The van der Waals surface area contributed by atoms with E-state index in [-0.39, 0.29) is 6.10 Å². The van der Waals surface area contributed by atoms with Gasteiger partial charge in [-0.05, 0) is 24.8 Å². The number of nitrogens with zero attached hydrogens (tertiary/aromatic N) is 2. The van der Waals surface area contributed by atoms with Crippen LogP contribution in [0.2, 0.25) is 0 Å². The Morgan fingerprint density at radius 2 is 2.00 bits per heavy atom. The number of nitrogens with one attached hydrogen (secondary N) is 1. The molecule has 0 aromatic carbocycles. The smallest absolute Gasteiger partial charge is 0.0762 e. The van der Waals surface area contributed by atoms with E-state index in [2.05, 4.69) is 28.9 Å². The fourth-order valence-electron chi connectivity index (χ4n) is 1.92. The summed E-state index contributed by atoms with van der Waals surface area (Å²) in [5, 5.41) is 17.5. The molecule has 0 amide bonds. The van der Waals surface area contributed by atoms with Gasteiger partial charge in [-0.15, -0.1) is 0 Å². The molecule has 104 valence electrons. The van der Waals surface area contributed by atoms with Gasteiger partial charge in [-0.2, -0.15) is 5.10 Å².